The average molecular weight is 1180 g/mol. The summed E-state index contributed by atoms with van der Waals surface area (Å²) in [5, 5.41) is 13.8. The molecule has 4 aromatic rings. The number of aliphatic carboxylic acids is 1. The van der Waals surface area contributed by atoms with Crippen LogP contribution in [0.2, 0.25) is 0 Å². The Morgan fingerprint density at radius 1 is 0.718 bits per heavy atom. The summed E-state index contributed by atoms with van der Waals surface area (Å²) >= 11 is 0. The smallest absolute Gasteiger partial charge is 0.303 e. The fourth-order valence-electron chi connectivity index (χ4n) is 12.9. The van der Waals surface area contributed by atoms with Crippen LogP contribution in [0.4, 0.5) is 22.7 Å². The van der Waals surface area contributed by atoms with Crippen molar-refractivity contribution in [3.8, 4) is 0 Å². The molecule has 0 bridgehead atoms. The lowest BCUT2D eigenvalue weighted by Gasteiger charge is -2.34. The number of anilines is 2. The number of ketones is 1. The van der Waals surface area contributed by atoms with Crippen molar-refractivity contribution in [1.29, 1.82) is 1.43 Å². The van der Waals surface area contributed by atoms with Gasteiger partial charge in [-0.05, 0) is 110 Å². The predicted octanol–water partition coefficient (Wildman–Crippen LogP) is 15.8. The number of carbonyl (C=O) groups is 2. The summed E-state index contributed by atoms with van der Waals surface area (Å²) < 4.78 is 32.4. The fourth-order valence-corrected chi connectivity index (χ4v) is 14.6. The van der Waals surface area contributed by atoms with E-state index in [1.807, 2.05) is 6.92 Å². The van der Waals surface area contributed by atoms with E-state index in [-0.39, 0.29) is 71.5 Å². The second-order valence-corrected chi connectivity index (χ2v) is 26.6. The summed E-state index contributed by atoms with van der Waals surface area (Å²) in [7, 11) is 4.13. The molecule has 8 rings (SSSR count). The monoisotopic (exact) mass is 1180 g/mol. The van der Waals surface area contributed by atoms with Gasteiger partial charge in [-0.1, -0.05) is 127 Å². The summed E-state index contributed by atoms with van der Waals surface area (Å²) in [4.78, 5) is 32.5. The predicted molar refractivity (Wildman–Crippen MR) is 353 cm³/mol. The highest BCUT2D eigenvalue weighted by Crippen LogP contribution is 2.50. The van der Waals surface area contributed by atoms with Gasteiger partial charge in [0.25, 0.3) is 8.53 Å². The van der Waals surface area contributed by atoms with Crippen molar-refractivity contribution in [1.82, 2.24) is 4.67 Å². The van der Waals surface area contributed by atoms with Crippen molar-refractivity contribution in [3.63, 3.8) is 0 Å². The molecule has 4 aromatic carbocycles. The molecule has 4 aliphatic heterocycles. The first-order chi connectivity index (χ1) is 41.4. The lowest BCUT2D eigenvalue weighted by molar-refractivity contribution is -0.401. The zero-order valence-electron chi connectivity index (χ0n) is 55.7. The fraction of sp³-hybridized carbons (Fsp3) is 0.486. The number of carboxylic acids is 1. The molecule has 13 heteroatoms. The van der Waals surface area contributed by atoms with Crippen LogP contribution in [0.15, 0.2) is 145 Å². The van der Waals surface area contributed by atoms with Gasteiger partial charge in [0.15, 0.2) is 11.4 Å². The van der Waals surface area contributed by atoms with Crippen LogP contribution in [0, 0.1) is 12.5 Å². The van der Waals surface area contributed by atoms with E-state index >= 15 is 0 Å². The molecule has 12 nitrogen and oxygen atoms in total. The number of aliphatic hydroxyl groups is 1. The van der Waals surface area contributed by atoms with Crippen molar-refractivity contribution in [2.24, 2.45) is 5.92 Å². The molecule has 0 amide bonds. The standard InChI is InChI=1S/C42H60N4O4P.C29H34N2O2.CH4/c1-11-46(31(2)3)51(49-28-26-43-9)50-32(4)33(30-47)29-34(48)19-16-17-27-45-38-23-15-13-21-36(38)42(7,8)40(45)25-18-24-39-41(5,6)35-20-12-14-22-37(35)44(39)10;1-28(2)21-13-6-8-15-23(21)30(5)25(28)17-12-18-26-29(3,4)22-14-7-9-16-24(22)31(26)20-11-10-19-27(32)33;/h12-15,18,20-25,31-33,47H,11,16-17,19,26-30H2,1-8,10H3;6-9,12-18H,10-11,19-20H2,1-5H3;1H4/q+1;;/p+1/t32-,33-,51?;;/m0../s1/i47D;;1T. The number of fused-ring (bicyclic) bond motifs is 4. The Hall–Kier alpha value is -6.32. The van der Waals surface area contributed by atoms with Crippen LogP contribution in [0.3, 0.4) is 0 Å². The Balaban J connectivity index is 0.000000296. The van der Waals surface area contributed by atoms with Gasteiger partial charge >= 0.3 is 5.97 Å². The number of aliphatic hydroxyl groups excluding tert-OH is 1. The molecule has 1 unspecified atom stereocenters. The average Bonchev–Trinajstić information content (AvgIpc) is 1.75. The maximum absolute atomic E-state index is 13.3. The Bertz CT molecular complexity index is 3260. The van der Waals surface area contributed by atoms with Crippen molar-refractivity contribution in [2.75, 3.05) is 63.3 Å². The first kappa shape index (κ1) is 64.7. The Morgan fingerprint density at radius 2 is 1.16 bits per heavy atom. The molecular weight excluding hydrogens is 1080 g/mol. The van der Waals surface area contributed by atoms with Gasteiger partial charge in [0.1, 0.15) is 26.5 Å². The van der Waals surface area contributed by atoms with Crippen LogP contribution >= 0.6 is 8.53 Å². The molecule has 3 atom stereocenters. The van der Waals surface area contributed by atoms with Crippen molar-refractivity contribution in [2.45, 2.75) is 169 Å². The highest BCUT2D eigenvalue weighted by atomic mass is 31.2. The molecule has 456 valence electrons. The van der Waals surface area contributed by atoms with Crippen LogP contribution in [-0.2, 0) is 40.3 Å². The number of allylic oxidation sites excluding steroid dienone is 8. The number of unbranched alkanes of at least 4 members (excludes halogenated alkanes) is 2. The van der Waals surface area contributed by atoms with Crippen molar-refractivity contribution >= 4 is 54.5 Å². The van der Waals surface area contributed by atoms with Gasteiger partial charge in [0, 0.05) is 128 Å². The number of hydrogen-bond donors (Lipinski definition) is 2. The molecule has 0 fully saturated rings. The lowest BCUT2D eigenvalue weighted by atomic mass is 9.81. The van der Waals surface area contributed by atoms with Gasteiger partial charge in [-0.2, -0.15) is 9.15 Å². The molecule has 2 N–H and O–H groups in total. The van der Waals surface area contributed by atoms with E-state index in [2.05, 4.69) is 252 Å². The van der Waals surface area contributed by atoms with Crippen LogP contribution in [0.5, 0.6) is 0 Å². The number of nitrogens with zero attached hydrogens (tertiary/aromatic N) is 6. The summed E-state index contributed by atoms with van der Waals surface area (Å²) in [6, 6.07) is 34.7. The van der Waals surface area contributed by atoms with E-state index in [1.54, 1.807) is 0 Å². The molecule has 4 heterocycles. The Kier molecular flexibility index (Phi) is 22.4. The van der Waals surface area contributed by atoms with Crippen LogP contribution < -0.4 is 9.80 Å². The van der Waals surface area contributed by atoms with Gasteiger partial charge in [-0.15, -0.1) is 0 Å². The van der Waals surface area contributed by atoms with Crippen LogP contribution in [0.25, 0.3) is 4.85 Å². The molecule has 0 spiro atoms. The minimum Gasteiger partial charge on any atom is -0.481 e. The molecule has 0 aliphatic carbocycles. The topological polar surface area (TPSA) is 113 Å². The lowest BCUT2D eigenvalue weighted by Crippen LogP contribution is -2.32. The Morgan fingerprint density at radius 3 is 1.59 bits per heavy atom. The van der Waals surface area contributed by atoms with Crippen molar-refractivity contribution < 1.29 is 39.4 Å². The van der Waals surface area contributed by atoms with Gasteiger partial charge in [0.2, 0.25) is 19.4 Å². The molecule has 85 heavy (non-hydrogen) atoms. The summed E-state index contributed by atoms with van der Waals surface area (Å²) in [6.07, 6.45) is 17.2. The number of hydrogen-bond acceptors (Lipinski definition) is 8. The molecule has 0 aromatic heterocycles. The normalized spacial score (nSPS) is 19.1. The van der Waals surface area contributed by atoms with Gasteiger partial charge in [-0.25, -0.2) is 11.2 Å². The Labute approximate surface area is 514 Å². The number of para-hydroxylation sites is 4. The van der Waals surface area contributed by atoms with E-state index in [9.17, 15) is 9.59 Å². The van der Waals surface area contributed by atoms with Gasteiger partial charge < -0.3 is 33.9 Å². The molecule has 4 aliphatic rings. The van der Waals surface area contributed by atoms with E-state index in [4.69, 9.17) is 28.6 Å². The van der Waals surface area contributed by atoms with Crippen LogP contribution in [-0.4, -0.2) is 114 Å². The summed E-state index contributed by atoms with van der Waals surface area (Å²) in [5.74, 6) is -0.848. The molecular formula is C72H99N6O6P+2. The van der Waals surface area contributed by atoms with Crippen molar-refractivity contribution in [3.05, 3.63) is 179 Å². The number of Topliss-reactive ketones (excluding diaryl/α,β-unsaturated/α-hetero) is 1. The van der Waals surface area contributed by atoms with Crippen LogP contribution in [0.1, 0.15) is 159 Å². The highest BCUT2D eigenvalue weighted by Gasteiger charge is 2.45. The summed E-state index contributed by atoms with van der Waals surface area (Å²) in [5.41, 5.74) is 15.0. The maximum Gasteiger partial charge on any atom is 0.303 e. The minimum atomic E-state index is -1.42. The second kappa shape index (κ2) is 29.4. The molecule has 0 saturated carbocycles. The third-order valence-electron chi connectivity index (χ3n) is 17.8. The summed E-state index contributed by atoms with van der Waals surface area (Å²) in [6.45, 7) is 36.6. The van der Waals surface area contributed by atoms with Gasteiger partial charge in [0.05, 0.1) is 16.9 Å². The quantitative estimate of drug-likeness (QED) is 0.0261. The van der Waals surface area contributed by atoms with E-state index < -0.39 is 14.5 Å². The minimum absolute atomic E-state index is 0.0506. The van der Waals surface area contributed by atoms with E-state index in [1.165, 1.54) is 75.2 Å². The highest BCUT2D eigenvalue weighted by molar-refractivity contribution is 7.44. The molecule has 0 saturated heterocycles. The third kappa shape index (κ3) is 14.9. The van der Waals surface area contributed by atoms with Gasteiger partial charge in [-0.3, -0.25) is 9.59 Å². The maximum atomic E-state index is 13.3. The van der Waals surface area contributed by atoms with E-state index in [0.29, 0.717) is 19.4 Å². The zero-order valence-corrected chi connectivity index (χ0v) is 54.6. The SMILES string of the molecule is C[N+]1=C(C=CC=C2N(CCCCC(=O)O)c3ccccc3C2(C)C)C(C)(C)c2ccccc21.[2H]OC[C@H](CC(=O)CCCCN1C(=CC=CC2=[N+](C)c3ccccc3C2(C)C)C(C)(C)c2ccccc21)[C@H](C)OP(OCC[N+]#[C-])N(CC)C(C)C.[3H]C. The number of carbonyl (C=O) groups excluding carboxylic acids is 1. The zero-order chi connectivity index (χ0) is 63.9. The third-order valence-corrected chi connectivity index (χ3v) is 19.8. The first-order valence-electron chi connectivity index (χ1n) is 31.8. The number of rotatable bonds is 27. The second-order valence-electron chi connectivity index (χ2n) is 25.2. The molecule has 0 radical (unpaired) electrons. The van der Waals surface area contributed by atoms with E-state index in [0.717, 1.165) is 38.9 Å². The number of carboxylic acid groups (broad SMARTS) is 1. The largest absolute Gasteiger partial charge is 0.481 e. The first-order valence-corrected chi connectivity index (χ1v) is 31.5. The number of benzene rings is 4.